The molecule has 1 fully saturated rings. The Morgan fingerprint density at radius 2 is 1.79 bits per heavy atom. The molecule has 2 aromatic rings. The molecule has 0 saturated heterocycles. The lowest BCUT2D eigenvalue weighted by Gasteiger charge is -2.31. The minimum atomic E-state index is -0.115. The van der Waals surface area contributed by atoms with Gasteiger partial charge in [0.15, 0.2) is 11.5 Å². The predicted molar refractivity (Wildman–Crippen MR) is 117 cm³/mol. The van der Waals surface area contributed by atoms with Gasteiger partial charge in [-0.3, -0.25) is 4.79 Å². The van der Waals surface area contributed by atoms with Crippen molar-refractivity contribution in [2.75, 3.05) is 0 Å². The lowest BCUT2D eigenvalue weighted by molar-refractivity contribution is -0.954. The van der Waals surface area contributed by atoms with E-state index in [0.717, 1.165) is 18.8 Å². The maximum absolute atomic E-state index is 12.5. The number of rotatable bonds is 8. The number of amides is 1. The predicted octanol–water partition coefficient (Wildman–Crippen LogP) is 4.28. The number of aryl methyl sites for hydroxylation is 1. The Bertz CT molecular complexity index is 790. The van der Waals surface area contributed by atoms with Crippen LogP contribution in [0.3, 0.4) is 0 Å². The van der Waals surface area contributed by atoms with Crippen LogP contribution in [-0.4, -0.2) is 18.0 Å². The number of benzene rings is 1. The molecular weight excluding hydrogens is 360 g/mol. The summed E-state index contributed by atoms with van der Waals surface area (Å²) in [6.07, 6.45) is 6.55. The van der Waals surface area contributed by atoms with E-state index in [-0.39, 0.29) is 11.9 Å². The molecule has 29 heavy (non-hydrogen) atoms. The van der Waals surface area contributed by atoms with Crippen LogP contribution in [0.2, 0.25) is 0 Å². The van der Waals surface area contributed by atoms with Gasteiger partial charge in [0, 0.05) is 11.6 Å². The van der Waals surface area contributed by atoms with Crippen LogP contribution in [0.25, 0.3) is 0 Å². The highest BCUT2D eigenvalue weighted by atomic mass is 16.4. The number of carbonyl (C=O) groups is 1. The smallest absolute Gasteiger partial charge is 0.287 e. The van der Waals surface area contributed by atoms with Gasteiger partial charge in [-0.2, -0.15) is 0 Å². The van der Waals surface area contributed by atoms with Crippen LogP contribution in [0.5, 0.6) is 0 Å². The molecule has 4 nitrogen and oxygen atoms in total. The molecule has 1 heterocycles. The summed E-state index contributed by atoms with van der Waals surface area (Å²) >= 11 is 0. The van der Waals surface area contributed by atoms with Gasteiger partial charge in [-0.05, 0) is 63.1 Å². The Hall–Kier alpha value is -2.07. The number of hydrogen-bond donors (Lipinski definition) is 2. The van der Waals surface area contributed by atoms with Crippen molar-refractivity contribution in [1.29, 1.82) is 0 Å². The summed E-state index contributed by atoms with van der Waals surface area (Å²) < 4.78 is 5.98. The lowest BCUT2D eigenvalue weighted by Crippen LogP contribution is -3.13. The largest absolute Gasteiger partial charge is 0.450 e. The Kier molecular flexibility index (Phi) is 7.54. The van der Waals surface area contributed by atoms with Gasteiger partial charge in [-0.1, -0.05) is 44.5 Å². The number of carbonyl (C=O) groups excluding carboxylic acids is 1. The first kappa shape index (κ1) is 21.6. The Morgan fingerprint density at radius 1 is 1.07 bits per heavy atom. The number of furan rings is 1. The number of hydrogen-bond acceptors (Lipinski definition) is 2. The minimum absolute atomic E-state index is 0.115. The third kappa shape index (κ3) is 5.96. The maximum atomic E-state index is 12.5. The van der Waals surface area contributed by atoms with Crippen molar-refractivity contribution >= 4 is 5.91 Å². The Morgan fingerprint density at radius 3 is 2.48 bits per heavy atom. The molecule has 2 N–H and O–H groups in total. The summed E-state index contributed by atoms with van der Waals surface area (Å²) in [6, 6.07) is 13.3. The van der Waals surface area contributed by atoms with Crippen molar-refractivity contribution < 1.29 is 14.1 Å². The molecule has 1 saturated carbocycles. The molecule has 0 radical (unpaired) electrons. The van der Waals surface area contributed by atoms with Gasteiger partial charge in [-0.15, -0.1) is 0 Å². The normalized spacial score (nSPS) is 17.3. The molecule has 4 heteroatoms. The minimum Gasteiger partial charge on any atom is -0.450 e. The maximum Gasteiger partial charge on any atom is 0.287 e. The topological polar surface area (TPSA) is 46.7 Å². The second kappa shape index (κ2) is 10.1. The average Bonchev–Trinajstić information content (AvgIpc) is 3.18. The zero-order valence-electron chi connectivity index (χ0n) is 18.5. The first-order valence-electron chi connectivity index (χ1n) is 11.2. The summed E-state index contributed by atoms with van der Waals surface area (Å²) in [5.74, 6) is 1.61. The zero-order chi connectivity index (χ0) is 20.8. The monoisotopic (exact) mass is 397 g/mol. The van der Waals surface area contributed by atoms with E-state index in [1.54, 1.807) is 4.90 Å². The van der Waals surface area contributed by atoms with Crippen molar-refractivity contribution in [2.24, 2.45) is 5.92 Å². The van der Waals surface area contributed by atoms with Crippen LogP contribution in [0.15, 0.2) is 40.8 Å². The van der Waals surface area contributed by atoms with Crippen LogP contribution >= 0.6 is 0 Å². The quantitative estimate of drug-likeness (QED) is 0.698. The molecule has 1 aromatic heterocycles. The van der Waals surface area contributed by atoms with Gasteiger partial charge in [0.05, 0.1) is 6.04 Å². The fourth-order valence-electron chi connectivity index (χ4n) is 4.18. The summed E-state index contributed by atoms with van der Waals surface area (Å²) in [5, 5.41) is 3.03. The summed E-state index contributed by atoms with van der Waals surface area (Å²) in [7, 11) is 0. The third-order valence-electron chi connectivity index (χ3n) is 6.51. The van der Waals surface area contributed by atoms with Gasteiger partial charge < -0.3 is 14.6 Å². The average molecular weight is 398 g/mol. The Balaban J connectivity index is 1.71. The molecule has 1 aliphatic carbocycles. The van der Waals surface area contributed by atoms with Gasteiger partial charge in [0.25, 0.3) is 5.91 Å². The van der Waals surface area contributed by atoms with Crippen LogP contribution in [0.4, 0.5) is 0 Å². The van der Waals surface area contributed by atoms with Crippen LogP contribution < -0.4 is 10.2 Å². The SMILES string of the molecule is Cc1ccccc1C[NH+](Cc1ccc(C(=O)N[C@@H](C)C(C)C)o1)C1CCCCC1. The summed E-state index contributed by atoms with van der Waals surface area (Å²) in [5.41, 5.74) is 2.76. The van der Waals surface area contributed by atoms with Gasteiger partial charge in [-0.25, -0.2) is 0 Å². The molecule has 0 aliphatic heterocycles. The van der Waals surface area contributed by atoms with E-state index in [0.29, 0.717) is 17.7 Å². The number of quaternary nitrogens is 1. The van der Waals surface area contributed by atoms with Crippen molar-refractivity contribution in [1.82, 2.24) is 5.32 Å². The van der Waals surface area contributed by atoms with Crippen molar-refractivity contribution in [3.05, 3.63) is 59.0 Å². The zero-order valence-corrected chi connectivity index (χ0v) is 18.5. The summed E-state index contributed by atoms with van der Waals surface area (Å²) in [4.78, 5) is 14.0. The van der Waals surface area contributed by atoms with E-state index >= 15 is 0 Å². The van der Waals surface area contributed by atoms with Gasteiger partial charge in [0.1, 0.15) is 13.1 Å². The van der Waals surface area contributed by atoms with Gasteiger partial charge >= 0.3 is 0 Å². The fourth-order valence-corrected chi connectivity index (χ4v) is 4.18. The Labute approximate surface area is 175 Å². The van der Waals surface area contributed by atoms with Crippen LogP contribution in [0.1, 0.15) is 80.3 Å². The van der Waals surface area contributed by atoms with Gasteiger partial charge in [0.2, 0.25) is 0 Å². The highest BCUT2D eigenvalue weighted by Gasteiger charge is 2.27. The van der Waals surface area contributed by atoms with Crippen molar-refractivity contribution in [2.45, 2.75) is 85.0 Å². The second-order valence-electron chi connectivity index (χ2n) is 9.05. The van der Waals surface area contributed by atoms with Crippen LogP contribution in [0, 0.1) is 12.8 Å². The third-order valence-corrected chi connectivity index (χ3v) is 6.51. The molecule has 1 aromatic carbocycles. The van der Waals surface area contributed by atoms with E-state index in [1.807, 2.05) is 19.1 Å². The molecule has 158 valence electrons. The standard InChI is InChI=1S/C25H36N2O2/c1-18(2)20(4)26-25(28)24-15-14-23(29-24)17-27(22-12-6-5-7-13-22)16-21-11-9-8-10-19(21)3/h8-11,14-15,18,20,22H,5-7,12-13,16-17H2,1-4H3,(H,26,28)/p+1/t20-/m0/s1. The van der Waals surface area contributed by atoms with Crippen molar-refractivity contribution in [3.8, 4) is 0 Å². The first-order valence-corrected chi connectivity index (χ1v) is 11.2. The molecule has 3 rings (SSSR count). The molecule has 1 amide bonds. The second-order valence-corrected chi connectivity index (χ2v) is 9.05. The fraction of sp³-hybridized carbons (Fsp3) is 0.560. The molecule has 1 aliphatic rings. The van der Waals surface area contributed by atoms with E-state index in [2.05, 4.69) is 50.4 Å². The number of nitrogens with one attached hydrogen (secondary N) is 2. The molecule has 0 spiro atoms. The highest BCUT2D eigenvalue weighted by Crippen LogP contribution is 2.17. The van der Waals surface area contributed by atoms with E-state index < -0.39 is 0 Å². The summed E-state index contributed by atoms with van der Waals surface area (Å²) in [6.45, 7) is 10.3. The highest BCUT2D eigenvalue weighted by molar-refractivity contribution is 5.91. The van der Waals surface area contributed by atoms with Crippen LogP contribution in [-0.2, 0) is 13.1 Å². The van der Waals surface area contributed by atoms with E-state index in [1.165, 1.54) is 43.2 Å². The van der Waals surface area contributed by atoms with Crippen molar-refractivity contribution in [3.63, 3.8) is 0 Å². The first-order chi connectivity index (χ1) is 13.9. The molecule has 1 unspecified atom stereocenters. The lowest BCUT2D eigenvalue weighted by atomic mass is 9.93. The molecule has 2 atom stereocenters. The molecular formula is C25H37N2O2+. The van der Waals surface area contributed by atoms with E-state index in [9.17, 15) is 4.79 Å². The molecule has 0 bridgehead atoms. The van der Waals surface area contributed by atoms with E-state index in [4.69, 9.17) is 4.42 Å².